The number of rotatable bonds is 6. The standard InChI is InChI=1S/C13H17BrFN3OS/c1-17(5-6-19-2)3-4-18-12-7-9(14)10(15)8-11(12)16-13(18)20/h7-8H,3-6H2,1-2H3,(H,16,20). The predicted octanol–water partition coefficient (Wildman–Crippen LogP) is 3.18. The fraction of sp³-hybridized carbons (Fsp3) is 0.462. The molecule has 1 aromatic carbocycles. The van der Waals surface area contributed by atoms with Gasteiger partial charge in [0.05, 0.1) is 22.1 Å². The van der Waals surface area contributed by atoms with Crippen molar-refractivity contribution in [3.05, 3.63) is 27.2 Å². The highest BCUT2D eigenvalue weighted by molar-refractivity contribution is 9.10. The fourth-order valence-corrected chi connectivity index (χ4v) is 2.63. The van der Waals surface area contributed by atoms with Gasteiger partial charge in [0.1, 0.15) is 5.82 Å². The average Bonchev–Trinajstić information content (AvgIpc) is 2.70. The maximum Gasteiger partial charge on any atom is 0.178 e. The summed E-state index contributed by atoms with van der Waals surface area (Å²) < 4.78 is 21.6. The molecule has 1 heterocycles. The second-order valence-corrected chi connectivity index (χ2v) is 5.90. The molecule has 0 saturated carbocycles. The van der Waals surface area contributed by atoms with E-state index >= 15 is 0 Å². The number of likely N-dealkylation sites (N-methyl/N-ethyl adjacent to an activating group) is 1. The maximum absolute atomic E-state index is 13.5. The lowest BCUT2D eigenvalue weighted by atomic mass is 10.3. The smallest absolute Gasteiger partial charge is 0.178 e. The average molecular weight is 362 g/mol. The zero-order valence-corrected chi connectivity index (χ0v) is 13.9. The molecule has 0 unspecified atom stereocenters. The van der Waals surface area contributed by atoms with E-state index in [0.717, 1.165) is 30.7 Å². The van der Waals surface area contributed by atoms with Crippen molar-refractivity contribution in [2.75, 3.05) is 33.9 Å². The number of nitrogens with one attached hydrogen (secondary N) is 1. The second kappa shape index (κ2) is 6.80. The van der Waals surface area contributed by atoms with Gasteiger partial charge in [0, 0.05) is 32.8 Å². The van der Waals surface area contributed by atoms with E-state index in [1.807, 2.05) is 11.6 Å². The summed E-state index contributed by atoms with van der Waals surface area (Å²) in [5.41, 5.74) is 1.62. The third kappa shape index (κ3) is 3.46. The molecular weight excluding hydrogens is 345 g/mol. The Kier molecular flexibility index (Phi) is 5.31. The first-order chi connectivity index (χ1) is 9.52. The molecule has 0 saturated heterocycles. The minimum Gasteiger partial charge on any atom is -0.383 e. The molecule has 0 spiro atoms. The second-order valence-electron chi connectivity index (χ2n) is 4.66. The van der Waals surface area contributed by atoms with Gasteiger partial charge in [0.25, 0.3) is 0 Å². The molecule has 0 aliphatic carbocycles. The zero-order chi connectivity index (χ0) is 14.7. The van der Waals surface area contributed by atoms with Crippen molar-refractivity contribution in [3.8, 4) is 0 Å². The van der Waals surface area contributed by atoms with Gasteiger partial charge in [-0.15, -0.1) is 0 Å². The quantitative estimate of drug-likeness (QED) is 0.802. The number of H-pyrrole nitrogens is 1. The molecule has 0 aliphatic heterocycles. The first kappa shape index (κ1) is 15.6. The molecule has 2 rings (SSSR count). The van der Waals surface area contributed by atoms with Crippen LogP contribution in [0, 0.1) is 10.6 Å². The number of ether oxygens (including phenoxy) is 1. The van der Waals surface area contributed by atoms with Gasteiger partial charge < -0.3 is 19.2 Å². The summed E-state index contributed by atoms with van der Waals surface area (Å²) in [5, 5.41) is 0. The molecule has 7 heteroatoms. The number of halogens is 2. The van der Waals surface area contributed by atoms with Crippen molar-refractivity contribution in [2.45, 2.75) is 6.54 Å². The van der Waals surface area contributed by atoms with Crippen LogP contribution >= 0.6 is 28.1 Å². The summed E-state index contributed by atoms with van der Waals surface area (Å²) in [6.07, 6.45) is 0. The molecule has 0 aliphatic rings. The van der Waals surface area contributed by atoms with Crippen LogP contribution in [0.4, 0.5) is 4.39 Å². The van der Waals surface area contributed by atoms with Crippen molar-refractivity contribution in [3.63, 3.8) is 0 Å². The van der Waals surface area contributed by atoms with E-state index in [-0.39, 0.29) is 5.82 Å². The zero-order valence-electron chi connectivity index (χ0n) is 11.4. The largest absolute Gasteiger partial charge is 0.383 e. The number of aromatic nitrogens is 2. The minimum atomic E-state index is -0.293. The highest BCUT2D eigenvalue weighted by Crippen LogP contribution is 2.23. The monoisotopic (exact) mass is 361 g/mol. The van der Waals surface area contributed by atoms with Crippen LogP contribution in [-0.4, -0.2) is 48.3 Å². The van der Waals surface area contributed by atoms with E-state index < -0.39 is 0 Å². The number of imidazole rings is 1. The van der Waals surface area contributed by atoms with E-state index in [9.17, 15) is 4.39 Å². The molecular formula is C13H17BrFN3OS. The van der Waals surface area contributed by atoms with Crippen molar-refractivity contribution in [1.82, 2.24) is 14.5 Å². The Bertz CT molecular complexity index is 655. The fourth-order valence-electron chi connectivity index (χ4n) is 2.00. The number of aromatic amines is 1. The Labute approximate surface area is 130 Å². The molecule has 110 valence electrons. The van der Waals surface area contributed by atoms with Crippen molar-refractivity contribution in [2.24, 2.45) is 0 Å². The van der Waals surface area contributed by atoms with Gasteiger partial charge in [0.15, 0.2) is 4.77 Å². The van der Waals surface area contributed by atoms with Gasteiger partial charge in [-0.1, -0.05) is 0 Å². The molecule has 1 aromatic heterocycles. The van der Waals surface area contributed by atoms with Gasteiger partial charge in [0.2, 0.25) is 0 Å². The van der Waals surface area contributed by atoms with Gasteiger partial charge in [-0.2, -0.15) is 0 Å². The first-order valence-corrected chi connectivity index (χ1v) is 7.48. The summed E-state index contributed by atoms with van der Waals surface area (Å²) >= 11 is 8.52. The molecule has 0 bridgehead atoms. The molecule has 0 radical (unpaired) electrons. The third-order valence-electron chi connectivity index (χ3n) is 3.20. The highest BCUT2D eigenvalue weighted by atomic mass is 79.9. The van der Waals surface area contributed by atoms with Crippen molar-refractivity contribution in [1.29, 1.82) is 0 Å². The van der Waals surface area contributed by atoms with Gasteiger partial charge >= 0.3 is 0 Å². The van der Waals surface area contributed by atoms with Crippen LogP contribution < -0.4 is 0 Å². The molecule has 0 atom stereocenters. The maximum atomic E-state index is 13.5. The summed E-state index contributed by atoms with van der Waals surface area (Å²) in [5.74, 6) is -0.293. The lowest BCUT2D eigenvalue weighted by molar-refractivity contribution is 0.159. The molecule has 1 N–H and O–H groups in total. The van der Waals surface area contributed by atoms with E-state index in [1.54, 1.807) is 13.2 Å². The minimum absolute atomic E-state index is 0.293. The van der Waals surface area contributed by atoms with Crippen LogP contribution in [-0.2, 0) is 11.3 Å². The first-order valence-electron chi connectivity index (χ1n) is 6.28. The predicted molar refractivity (Wildman–Crippen MR) is 84.2 cm³/mol. The number of nitrogens with zero attached hydrogens (tertiary/aromatic N) is 2. The lowest BCUT2D eigenvalue weighted by Crippen LogP contribution is -2.26. The lowest BCUT2D eigenvalue weighted by Gasteiger charge is -2.16. The number of hydrogen-bond donors (Lipinski definition) is 1. The normalized spacial score (nSPS) is 11.7. The van der Waals surface area contributed by atoms with Crippen LogP contribution in [0.5, 0.6) is 0 Å². The van der Waals surface area contributed by atoms with E-state index in [2.05, 4.69) is 25.8 Å². The Hall–Kier alpha value is -0.760. The Morgan fingerprint density at radius 2 is 2.20 bits per heavy atom. The number of fused-ring (bicyclic) bond motifs is 1. The van der Waals surface area contributed by atoms with Gasteiger partial charge in [-0.3, -0.25) is 0 Å². The van der Waals surface area contributed by atoms with Crippen LogP contribution in [0.1, 0.15) is 0 Å². The SMILES string of the molecule is COCCN(C)CCn1c(=S)[nH]c2cc(F)c(Br)cc21. The van der Waals surface area contributed by atoms with E-state index in [4.69, 9.17) is 17.0 Å². The van der Waals surface area contributed by atoms with E-state index in [1.165, 1.54) is 6.07 Å². The molecule has 0 amide bonds. The van der Waals surface area contributed by atoms with Crippen molar-refractivity contribution < 1.29 is 9.13 Å². The van der Waals surface area contributed by atoms with Crippen LogP contribution in [0.3, 0.4) is 0 Å². The molecule has 4 nitrogen and oxygen atoms in total. The van der Waals surface area contributed by atoms with Gasteiger partial charge in [-0.25, -0.2) is 4.39 Å². The molecule has 2 aromatic rings. The number of methoxy groups -OCH3 is 1. The molecule has 0 fully saturated rings. The summed E-state index contributed by atoms with van der Waals surface area (Å²) in [4.78, 5) is 5.21. The van der Waals surface area contributed by atoms with Crippen molar-refractivity contribution >= 4 is 39.2 Å². The summed E-state index contributed by atoms with van der Waals surface area (Å²) in [6.45, 7) is 3.16. The Morgan fingerprint density at radius 1 is 1.45 bits per heavy atom. The van der Waals surface area contributed by atoms with Crippen LogP contribution in [0.25, 0.3) is 11.0 Å². The van der Waals surface area contributed by atoms with Crippen LogP contribution in [0.2, 0.25) is 0 Å². The Morgan fingerprint density at radius 3 is 2.90 bits per heavy atom. The highest BCUT2D eigenvalue weighted by Gasteiger charge is 2.09. The third-order valence-corrected chi connectivity index (χ3v) is 4.13. The van der Waals surface area contributed by atoms with Crippen LogP contribution in [0.15, 0.2) is 16.6 Å². The van der Waals surface area contributed by atoms with E-state index in [0.29, 0.717) is 15.9 Å². The summed E-state index contributed by atoms with van der Waals surface area (Å²) in [6, 6.07) is 3.21. The van der Waals surface area contributed by atoms with Gasteiger partial charge in [-0.05, 0) is 41.3 Å². The summed E-state index contributed by atoms with van der Waals surface area (Å²) in [7, 11) is 3.72. The number of hydrogen-bond acceptors (Lipinski definition) is 3. The topological polar surface area (TPSA) is 33.2 Å². The Balaban J connectivity index is 2.19. The number of benzene rings is 1. The molecule has 20 heavy (non-hydrogen) atoms.